The Labute approximate surface area is 122 Å². The second-order valence-corrected chi connectivity index (χ2v) is 5.38. The largest absolute Gasteiger partial charge is 0.456 e. The zero-order chi connectivity index (χ0) is 14.4. The molecule has 2 heteroatoms. The van der Waals surface area contributed by atoms with Gasteiger partial charge >= 0.3 is 0 Å². The molecule has 1 aromatic heterocycles. The van der Waals surface area contributed by atoms with Crippen molar-refractivity contribution < 1.29 is 4.42 Å². The van der Waals surface area contributed by atoms with Crippen molar-refractivity contribution in [2.75, 3.05) is 5.73 Å². The molecule has 0 aliphatic rings. The van der Waals surface area contributed by atoms with Gasteiger partial charge in [0.25, 0.3) is 0 Å². The Hall–Kier alpha value is -2.74. The lowest BCUT2D eigenvalue weighted by Gasteiger charge is -2.07. The maximum atomic E-state index is 5.87. The molecular formula is C19H15NO. The molecule has 2 nitrogen and oxygen atoms in total. The number of fused-ring (bicyclic) bond motifs is 3. The van der Waals surface area contributed by atoms with Crippen LogP contribution in [0.2, 0.25) is 0 Å². The first-order valence-corrected chi connectivity index (χ1v) is 7.00. The molecule has 0 amide bonds. The fourth-order valence-electron chi connectivity index (χ4n) is 2.90. The molecule has 0 saturated carbocycles. The van der Waals surface area contributed by atoms with Crippen molar-refractivity contribution in [2.45, 2.75) is 6.92 Å². The van der Waals surface area contributed by atoms with Crippen LogP contribution in [0.3, 0.4) is 0 Å². The van der Waals surface area contributed by atoms with E-state index < -0.39 is 0 Å². The van der Waals surface area contributed by atoms with Crippen LogP contribution in [0.15, 0.2) is 65.1 Å². The van der Waals surface area contributed by atoms with E-state index in [0.717, 1.165) is 27.6 Å². The normalized spacial score (nSPS) is 11.3. The molecule has 102 valence electrons. The van der Waals surface area contributed by atoms with Gasteiger partial charge in [-0.05, 0) is 53.9 Å². The van der Waals surface area contributed by atoms with Crippen molar-refractivity contribution in [3.05, 3.63) is 66.2 Å². The first-order chi connectivity index (χ1) is 10.2. The number of rotatable bonds is 1. The van der Waals surface area contributed by atoms with Gasteiger partial charge in [0.05, 0.1) is 0 Å². The van der Waals surface area contributed by atoms with Crippen LogP contribution in [0.4, 0.5) is 5.69 Å². The van der Waals surface area contributed by atoms with Gasteiger partial charge in [-0.1, -0.05) is 30.3 Å². The van der Waals surface area contributed by atoms with Crippen LogP contribution in [-0.4, -0.2) is 0 Å². The molecule has 3 aromatic carbocycles. The van der Waals surface area contributed by atoms with Gasteiger partial charge in [-0.2, -0.15) is 0 Å². The highest BCUT2D eigenvalue weighted by molar-refractivity contribution is 6.06. The molecule has 0 atom stereocenters. The molecule has 0 radical (unpaired) electrons. The Bertz CT molecular complexity index is 966. The highest BCUT2D eigenvalue weighted by atomic mass is 16.3. The smallest absolute Gasteiger partial charge is 0.135 e. The van der Waals surface area contributed by atoms with Crippen molar-refractivity contribution in [1.82, 2.24) is 0 Å². The van der Waals surface area contributed by atoms with Crippen molar-refractivity contribution in [1.29, 1.82) is 0 Å². The van der Waals surface area contributed by atoms with E-state index in [4.69, 9.17) is 10.2 Å². The van der Waals surface area contributed by atoms with Crippen LogP contribution in [0, 0.1) is 6.92 Å². The quantitative estimate of drug-likeness (QED) is 0.487. The summed E-state index contributed by atoms with van der Waals surface area (Å²) in [7, 11) is 0. The number of hydrogen-bond acceptors (Lipinski definition) is 2. The average molecular weight is 273 g/mol. The van der Waals surface area contributed by atoms with Crippen LogP contribution in [-0.2, 0) is 0 Å². The van der Waals surface area contributed by atoms with E-state index in [1.54, 1.807) is 0 Å². The summed E-state index contributed by atoms with van der Waals surface area (Å²) in [6.45, 7) is 2.09. The topological polar surface area (TPSA) is 39.2 Å². The first kappa shape index (κ1) is 12.0. The predicted octanol–water partition coefficient (Wildman–Crippen LogP) is 5.14. The van der Waals surface area contributed by atoms with E-state index in [1.165, 1.54) is 16.7 Å². The van der Waals surface area contributed by atoms with Crippen LogP contribution < -0.4 is 5.73 Å². The lowest BCUT2D eigenvalue weighted by molar-refractivity contribution is 0.669. The van der Waals surface area contributed by atoms with Crippen LogP contribution in [0.25, 0.3) is 33.1 Å². The average Bonchev–Trinajstić information content (AvgIpc) is 2.85. The highest BCUT2D eigenvalue weighted by Gasteiger charge is 2.09. The zero-order valence-electron chi connectivity index (χ0n) is 11.8. The Balaban J connectivity index is 1.99. The summed E-state index contributed by atoms with van der Waals surface area (Å²) in [5.74, 6) is 0. The van der Waals surface area contributed by atoms with Gasteiger partial charge in [-0.25, -0.2) is 0 Å². The number of anilines is 1. The van der Waals surface area contributed by atoms with Gasteiger partial charge in [0.15, 0.2) is 0 Å². The molecule has 2 N–H and O–H groups in total. The second-order valence-electron chi connectivity index (χ2n) is 5.38. The molecule has 0 aliphatic heterocycles. The molecule has 0 fully saturated rings. The van der Waals surface area contributed by atoms with Crippen molar-refractivity contribution >= 4 is 27.6 Å². The molecule has 21 heavy (non-hydrogen) atoms. The van der Waals surface area contributed by atoms with E-state index in [0.29, 0.717) is 0 Å². The van der Waals surface area contributed by atoms with Gasteiger partial charge in [0, 0.05) is 16.5 Å². The van der Waals surface area contributed by atoms with Crippen molar-refractivity contribution in [3.63, 3.8) is 0 Å². The maximum Gasteiger partial charge on any atom is 0.135 e. The third-order valence-electron chi connectivity index (χ3n) is 3.94. The fourth-order valence-corrected chi connectivity index (χ4v) is 2.90. The Morgan fingerprint density at radius 3 is 2.48 bits per heavy atom. The number of nitrogen functional groups attached to an aromatic ring is 1. The summed E-state index contributed by atoms with van der Waals surface area (Å²) in [6.07, 6.45) is 0. The molecule has 0 spiro atoms. The molecule has 4 rings (SSSR count). The standard InChI is InChI=1S/C19H15NO/c1-12-10-14(20)7-8-15(12)13-6-9-19-17(11-13)16-4-2-3-5-18(16)21-19/h2-11H,20H2,1H3. The van der Waals surface area contributed by atoms with Crippen LogP contribution in [0.5, 0.6) is 0 Å². The minimum atomic E-state index is 0.797. The summed E-state index contributed by atoms with van der Waals surface area (Å²) < 4.78 is 5.87. The van der Waals surface area contributed by atoms with E-state index in [-0.39, 0.29) is 0 Å². The SMILES string of the molecule is Cc1cc(N)ccc1-c1ccc2oc3ccccc3c2c1. The van der Waals surface area contributed by atoms with Crippen molar-refractivity contribution in [3.8, 4) is 11.1 Å². The molecule has 0 bridgehead atoms. The summed E-state index contributed by atoms with van der Waals surface area (Å²) in [4.78, 5) is 0. The Morgan fingerprint density at radius 1 is 0.810 bits per heavy atom. The number of benzene rings is 3. The Morgan fingerprint density at radius 2 is 1.62 bits per heavy atom. The number of nitrogens with two attached hydrogens (primary N) is 1. The van der Waals surface area contributed by atoms with Crippen LogP contribution in [0.1, 0.15) is 5.56 Å². The molecular weight excluding hydrogens is 258 g/mol. The molecule has 0 unspecified atom stereocenters. The Kier molecular flexibility index (Phi) is 2.51. The summed E-state index contributed by atoms with van der Waals surface area (Å²) in [5, 5.41) is 2.31. The third kappa shape index (κ3) is 1.88. The predicted molar refractivity (Wildman–Crippen MR) is 88.3 cm³/mol. The van der Waals surface area contributed by atoms with E-state index in [9.17, 15) is 0 Å². The number of para-hydroxylation sites is 1. The maximum absolute atomic E-state index is 5.87. The first-order valence-electron chi connectivity index (χ1n) is 7.00. The van der Waals surface area contributed by atoms with Gasteiger partial charge < -0.3 is 10.2 Å². The van der Waals surface area contributed by atoms with Gasteiger partial charge in [-0.3, -0.25) is 0 Å². The summed E-state index contributed by atoms with van der Waals surface area (Å²) >= 11 is 0. The van der Waals surface area contributed by atoms with E-state index in [2.05, 4.69) is 31.2 Å². The lowest BCUT2D eigenvalue weighted by Crippen LogP contribution is -1.88. The minimum absolute atomic E-state index is 0.797. The fraction of sp³-hybridized carbons (Fsp3) is 0.0526. The molecule has 0 saturated heterocycles. The summed E-state index contributed by atoms with van der Waals surface area (Å²) in [6, 6.07) is 20.5. The summed E-state index contributed by atoms with van der Waals surface area (Å²) in [5.41, 5.74) is 12.1. The molecule has 0 aliphatic carbocycles. The lowest BCUT2D eigenvalue weighted by atomic mass is 9.98. The van der Waals surface area contributed by atoms with Gasteiger partial charge in [-0.15, -0.1) is 0 Å². The number of aryl methyl sites for hydroxylation is 1. The zero-order valence-corrected chi connectivity index (χ0v) is 11.8. The van der Waals surface area contributed by atoms with E-state index in [1.807, 2.05) is 36.4 Å². The van der Waals surface area contributed by atoms with Gasteiger partial charge in [0.2, 0.25) is 0 Å². The molecule has 1 heterocycles. The second kappa shape index (κ2) is 4.38. The highest BCUT2D eigenvalue weighted by Crippen LogP contribution is 2.33. The van der Waals surface area contributed by atoms with Gasteiger partial charge in [0.1, 0.15) is 11.2 Å². The third-order valence-corrected chi connectivity index (χ3v) is 3.94. The van der Waals surface area contributed by atoms with Crippen LogP contribution >= 0.6 is 0 Å². The molecule has 4 aromatic rings. The monoisotopic (exact) mass is 273 g/mol. The van der Waals surface area contributed by atoms with E-state index >= 15 is 0 Å². The number of furan rings is 1. The number of hydrogen-bond donors (Lipinski definition) is 1. The minimum Gasteiger partial charge on any atom is -0.456 e. The van der Waals surface area contributed by atoms with Crippen molar-refractivity contribution in [2.24, 2.45) is 0 Å².